The van der Waals surface area contributed by atoms with Gasteiger partial charge in [-0.1, -0.05) is 149 Å². The second-order valence-corrected chi connectivity index (χ2v) is 16.5. The molecule has 0 unspecified atom stereocenters. The van der Waals surface area contributed by atoms with Crippen LogP contribution in [0.1, 0.15) is 38.8 Å². The monoisotopic (exact) mass is 732 g/mol. The topological polar surface area (TPSA) is 43.6 Å². The molecular formula is C53H40N4. The Hall–Kier alpha value is -6.91. The molecule has 1 aliphatic rings. The van der Waals surface area contributed by atoms with Gasteiger partial charge in [0.15, 0.2) is 17.5 Å². The standard InChI is InChI=1S/C53H40N4/c1-52(2)44-29-26-34-15-10-11-19-40(34)48(44)43-32-47-42(31-45(43)53(52,3)4)41-20-12-13-21-46(41)57(47)39-27-24-36(25-28-39)50-54-49(35-16-6-5-7-17-35)55-51(56-50)38-23-22-33-14-8-9-18-37(33)30-38/h5-32H,1-4H3. The van der Waals surface area contributed by atoms with Crippen LogP contribution in [0.5, 0.6) is 0 Å². The first kappa shape index (κ1) is 33.4. The van der Waals surface area contributed by atoms with Gasteiger partial charge in [0.2, 0.25) is 0 Å². The molecule has 0 fully saturated rings. The van der Waals surface area contributed by atoms with E-state index in [9.17, 15) is 0 Å². The molecule has 0 bridgehead atoms. The van der Waals surface area contributed by atoms with Crippen molar-refractivity contribution in [2.45, 2.75) is 38.5 Å². The second-order valence-electron chi connectivity index (χ2n) is 16.5. The Labute approximate surface area is 332 Å². The van der Waals surface area contributed by atoms with E-state index in [0.29, 0.717) is 17.5 Å². The summed E-state index contributed by atoms with van der Waals surface area (Å²) in [4.78, 5) is 15.1. The zero-order chi connectivity index (χ0) is 38.5. The Bertz CT molecular complexity index is 3230. The SMILES string of the molecule is CC1(C)c2cc3c4ccccc4n(-c4ccc(-c5nc(-c6ccccc6)nc(-c6ccc7ccccc7c6)n5)cc4)c3cc2-c2c(ccc3ccccc23)C1(C)C. The number of para-hydroxylation sites is 1. The number of fused-ring (bicyclic) bond motifs is 9. The molecule has 0 saturated heterocycles. The number of hydrogen-bond donors (Lipinski definition) is 0. The third-order valence-corrected chi connectivity index (χ3v) is 13.0. The molecule has 1 aliphatic carbocycles. The molecule has 11 rings (SSSR count). The Morgan fingerprint density at radius 3 is 1.70 bits per heavy atom. The van der Waals surface area contributed by atoms with E-state index in [0.717, 1.165) is 27.8 Å². The molecule has 272 valence electrons. The highest BCUT2D eigenvalue weighted by Crippen LogP contribution is 2.56. The van der Waals surface area contributed by atoms with Crippen molar-refractivity contribution in [1.29, 1.82) is 0 Å². The number of aromatic nitrogens is 4. The van der Waals surface area contributed by atoms with Gasteiger partial charge < -0.3 is 4.57 Å². The van der Waals surface area contributed by atoms with E-state index in [1.807, 2.05) is 18.2 Å². The quantitative estimate of drug-likeness (QED) is 0.181. The van der Waals surface area contributed by atoms with Gasteiger partial charge >= 0.3 is 0 Å². The molecule has 0 saturated carbocycles. The average Bonchev–Trinajstić information content (AvgIpc) is 3.58. The summed E-state index contributed by atoms with van der Waals surface area (Å²) in [5.74, 6) is 1.95. The van der Waals surface area contributed by atoms with Crippen LogP contribution in [0.15, 0.2) is 170 Å². The van der Waals surface area contributed by atoms with Crippen LogP contribution in [-0.4, -0.2) is 19.5 Å². The highest BCUT2D eigenvalue weighted by atomic mass is 15.0. The van der Waals surface area contributed by atoms with Crippen molar-refractivity contribution in [2.24, 2.45) is 0 Å². The molecule has 0 spiro atoms. The summed E-state index contributed by atoms with van der Waals surface area (Å²) in [5, 5.41) is 7.43. The molecule has 0 atom stereocenters. The minimum Gasteiger partial charge on any atom is -0.309 e. The number of benzene rings is 8. The van der Waals surface area contributed by atoms with E-state index in [1.165, 1.54) is 60.2 Å². The van der Waals surface area contributed by atoms with E-state index < -0.39 is 0 Å². The predicted octanol–water partition coefficient (Wildman–Crippen LogP) is 13.5. The first-order valence-electron chi connectivity index (χ1n) is 19.8. The number of rotatable bonds is 4. The first-order valence-corrected chi connectivity index (χ1v) is 19.8. The molecule has 57 heavy (non-hydrogen) atoms. The normalized spacial score (nSPS) is 14.2. The Balaban J connectivity index is 1.09. The lowest BCUT2D eigenvalue weighted by atomic mass is 9.55. The van der Waals surface area contributed by atoms with Crippen molar-refractivity contribution >= 4 is 43.4 Å². The van der Waals surface area contributed by atoms with Gasteiger partial charge in [0.1, 0.15) is 0 Å². The molecule has 8 aromatic carbocycles. The van der Waals surface area contributed by atoms with Gasteiger partial charge in [-0.25, -0.2) is 15.0 Å². The number of hydrogen-bond acceptors (Lipinski definition) is 3. The number of nitrogens with zero attached hydrogens (tertiary/aromatic N) is 4. The summed E-state index contributed by atoms with van der Waals surface area (Å²) < 4.78 is 2.43. The fourth-order valence-corrected chi connectivity index (χ4v) is 9.21. The molecule has 2 aromatic heterocycles. The predicted molar refractivity (Wildman–Crippen MR) is 237 cm³/mol. The molecular weight excluding hydrogens is 693 g/mol. The summed E-state index contributed by atoms with van der Waals surface area (Å²) in [6, 6.07) is 61.0. The average molecular weight is 733 g/mol. The minimum atomic E-state index is -0.105. The van der Waals surface area contributed by atoms with Crippen LogP contribution in [0.2, 0.25) is 0 Å². The van der Waals surface area contributed by atoms with Crippen LogP contribution in [0.4, 0.5) is 0 Å². The van der Waals surface area contributed by atoms with Crippen LogP contribution >= 0.6 is 0 Å². The Kier molecular flexibility index (Phi) is 7.21. The van der Waals surface area contributed by atoms with Gasteiger partial charge in [-0.05, 0) is 103 Å². The van der Waals surface area contributed by atoms with Crippen molar-refractivity contribution in [3.05, 3.63) is 181 Å². The van der Waals surface area contributed by atoms with Crippen molar-refractivity contribution < 1.29 is 0 Å². The zero-order valence-electron chi connectivity index (χ0n) is 32.5. The molecule has 0 N–H and O–H groups in total. The zero-order valence-corrected chi connectivity index (χ0v) is 32.5. The highest BCUT2D eigenvalue weighted by Gasteiger charge is 2.46. The van der Waals surface area contributed by atoms with Gasteiger partial charge in [-0.3, -0.25) is 0 Å². The fourth-order valence-electron chi connectivity index (χ4n) is 9.21. The summed E-state index contributed by atoms with van der Waals surface area (Å²) in [5.41, 5.74) is 11.6. The third-order valence-electron chi connectivity index (χ3n) is 13.0. The lowest BCUT2D eigenvalue weighted by molar-refractivity contribution is 0.299. The molecule has 10 aromatic rings. The van der Waals surface area contributed by atoms with Gasteiger partial charge in [0.05, 0.1) is 11.0 Å². The third kappa shape index (κ3) is 5.03. The summed E-state index contributed by atoms with van der Waals surface area (Å²) in [6.45, 7) is 9.67. The van der Waals surface area contributed by atoms with E-state index in [2.05, 4.69) is 184 Å². The molecule has 4 nitrogen and oxygen atoms in total. The van der Waals surface area contributed by atoms with Gasteiger partial charge in [0, 0.05) is 33.2 Å². The molecule has 0 aliphatic heterocycles. The van der Waals surface area contributed by atoms with E-state index in [-0.39, 0.29) is 10.8 Å². The lowest BCUT2D eigenvalue weighted by Gasteiger charge is -2.48. The smallest absolute Gasteiger partial charge is 0.164 e. The van der Waals surface area contributed by atoms with Gasteiger partial charge in [-0.2, -0.15) is 0 Å². The Morgan fingerprint density at radius 1 is 0.386 bits per heavy atom. The highest BCUT2D eigenvalue weighted by molar-refractivity contribution is 6.12. The van der Waals surface area contributed by atoms with E-state index in [4.69, 9.17) is 15.0 Å². The Morgan fingerprint density at radius 2 is 0.947 bits per heavy atom. The van der Waals surface area contributed by atoms with Crippen molar-refractivity contribution in [3.63, 3.8) is 0 Å². The fraction of sp³-hybridized carbons (Fsp3) is 0.113. The van der Waals surface area contributed by atoms with Crippen LogP contribution < -0.4 is 0 Å². The van der Waals surface area contributed by atoms with Gasteiger partial charge in [-0.15, -0.1) is 0 Å². The lowest BCUT2D eigenvalue weighted by Crippen LogP contribution is -2.43. The van der Waals surface area contributed by atoms with Crippen molar-refractivity contribution in [1.82, 2.24) is 19.5 Å². The molecule has 0 amide bonds. The van der Waals surface area contributed by atoms with Crippen molar-refractivity contribution in [2.75, 3.05) is 0 Å². The van der Waals surface area contributed by atoms with Crippen LogP contribution in [-0.2, 0) is 10.8 Å². The van der Waals surface area contributed by atoms with Crippen LogP contribution in [0, 0.1) is 0 Å². The molecule has 4 heteroatoms. The molecule has 2 heterocycles. The largest absolute Gasteiger partial charge is 0.309 e. The minimum absolute atomic E-state index is 0.0786. The molecule has 0 radical (unpaired) electrons. The van der Waals surface area contributed by atoms with E-state index in [1.54, 1.807) is 0 Å². The van der Waals surface area contributed by atoms with Crippen LogP contribution in [0.3, 0.4) is 0 Å². The van der Waals surface area contributed by atoms with E-state index >= 15 is 0 Å². The summed E-state index contributed by atoms with van der Waals surface area (Å²) in [7, 11) is 0. The maximum absolute atomic E-state index is 5.09. The second kappa shape index (κ2) is 12.3. The summed E-state index contributed by atoms with van der Waals surface area (Å²) >= 11 is 0. The summed E-state index contributed by atoms with van der Waals surface area (Å²) in [6.07, 6.45) is 0. The van der Waals surface area contributed by atoms with Crippen molar-refractivity contribution in [3.8, 4) is 51.0 Å². The first-order chi connectivity index (χ1) is 27.8. The van der Waals surface area contributed by atoms with Gasteiger partial charge in [0.25, 0.3) is 0 Å². The maximum atomic E-state index is 5.09. The van der Waals surface area contributed by atoms with Crippen LogP contribution in [0.25, 0.3) is 94.3 Å². The maximum Gasteiger partial charge on any atom is 0.164 e.